The smallest absolute Gasteiger partial charge is 0.0695 e. The highest BCUT2D eigenvalue weighted by atomic mass is 16.3. The first-order chi connectivity index (χ1) is 7.31. The third-order valence-electron chi connectivity index (χ3n) is 4.18. The fourth-order valence-electron chi connectivity index (χ4n) is 3.33. The molecule has 2 fully saturated rings. The van der Waals surface area contributed by atoms with E-state index in [0.717, 1.165) is 12.3 Å². The Balaban J connectivity index is 1.83. The van der Waals surface area contributed by atoms with Gasteiger partial charge >= 0.3 is 0 Å². The molecule has 1 N–H and O–H groups in total. The Bertz CT molecular complexity index is 195. The number of rotatable bonds is 3. The first-order valence-corrected chi connectivity index (χ1v) is 6.73. The predicted molar refractivity (Wildman–Crippen MR) is 62.9 cm³/mol. The van der Waals surface area contributed by atoms with Crippen LogP contribution >= 0.6 is 0 Å². The summed E-state index contributed by atoms with van der Waals surface area (Å²) in [7, 11) is 0. The second-order valence-electron chi connectivity index (χ2n) is 5.36. The maximum atomic E-state index is 10.0. The molecule has 3 unspecified atom stereocenters. The van der Waals surface area contributed by atoms with Gasteiger partial charge in [-0.2, -0.15) is 0 Å². The second kappa shape index (κ2) is 5.31. The van der Waals surface area contributed by atoms with Gasteiger partial charge in [0.2, 0.25) is 0 Å². The summed E-state index contributed by atoms with van der Waals surface area (Å²) >= 11 is 0. The van der Waals surface area contributed by atoms with Crippen molar-refractivity contribution in [3.63, 3.8) is 0 Å². The van der Waals surface area contributed by atoms with E-state index in [-0.39, 0.29) is 6.10 Å². The van der Waals surface area contributed by atoms with Crippen molar-refractivity contribution in [1.29, 1.82) is 0 Å². The van der Waals surface area contributed by atoms with Crippen molar-refractivity contribution < 1.29 is 5.11 Å². The molecule has 2 rings (SSSR count). The maximum Gasteiger partial charge on any atom is 0.0695 e. The SMILES string of the molecule is CCCC1CCN(C2CCCCC2O)C1. The number of aliphatic hydroxyl groups excluding tert-OH is 1. The van der Waals surface area contributed by atoms with Gasteiger partial charge in [-0.25, -0.2) is 0 Å². The standard InChI is InChI=1S/C13H25NO/c1-2-5-11-8-9-14(10-11)12-6-3-4-7-13(12)15/h11-13,15H,2-10H2,1H3. The van der Waals surface area contributed by atoms with E-state index in [9.17, 15) is 5.11 Å². The zero-order valence-corrected chi connectivity index (χ0v) is 9.99. The molecule has 2 aliphatic rings. The number of hydrogen-bond donors (Lipinski definition) is 1. The van der Waals surface area contributed by atoms with Crippen LogP contribution in [-0.4, -0.2) is 35.2 Å². The molecule has 0 aromatic carbocycles. The van der Waals surface area contributed by atoms with Gasteiger partial charge in [0.1, 0.15) is 0 Å². The van der Waals surface area contributed by atoms with Crippen LogP contribution in [0.25, 0.3) is 0 Å². The lowest BCUT2D eigenvalue weighted by Crippen LogP contribution is -2.44. The van der Waals surface area contributed by atoms with Crippen LogP contribution in [0.15, 0.2) is 0 Å². The van der Waals surface area contributed by atoms with Gasteiger partial charge in [0.25, 0.3) is 0 Å². The van der Waals surface area contributed by atoms with E-state index in [4.69, 9.17) is 0 Å². The normalized spacial score (nSPS) is 38.4. The predicted octanol–water partition coefficient (Wildman–Crippen LogP) is 2.41. The van der Waals surface area contributed by atoms with Crippen LogP contribution in [0.2, 0.25) is 0 Å². The summed E-state index contributed by atoms with van der Waals surface area (Å²) in [5.41, 5.74) is 0. The molecular formula is C13H25NO. The van der Waals surface area contributed by atoms with Crippen molar-refractivity contribution in [2.24, 2.45) is 5.92 Å². The van der Waals surface area contributed by atoms with Gasteiger partial charge in [-0.15, -0.1) is 0 Å². The van der Waals surface area contributed by atoms with Gasteiger partial charge in [0.15, 0.2) is 0 Å². The van der Waals surface area contributed by atoms with Crippen molar-refractivity contribution in [3.8, 4) is 0 Å². The van der Waals surface area contributed by atoms with Crippen LogP contribution < -0.4 is 0 Å². The highest BCUT2D eigenvalue weighted by molar-refractivity contribution is 4.87. The summed E-state index contributed by atoms with van der Waals surface area (Å²) in [4.78, 5) is 2.56. The van der Waals surface area contributed by atoms with Gasteiger partial charge in [-0.1, -0.05) is 26.2 Å². The first kappa shape index (κ1) is 11.4. The van der Waals surface area contributed by atoms with Gasteiger partial charge in [0, 0.05) is 12.6 Å². The lowest BCUT2D eigenvalue weighted by atomic mass is 9.91. The van der Waals surface area contributed by atoms with Crippen LogP contribution in [0, 0.1) is 5.92 Å². The van der Waals surface area contributed by atoms with Gasteiger partial charge in [-0.05, 0) is 38.1 Å². The molecule has 0 bridgehead atoms. The summed E-state index contributed by atoms with van der Waals surface area (Å²) in [5.74, 6) is 0.907. The number of aliphatic hydroxyl groups is 1. The van der Waals surface area contributed by atoms with E-state index < -0.39 is 0 Å². The molecule has 2 heteroatoms. The molecular weight excluding hydrogens is 186 g/mol. The zero-order valence-electron chi connectivity index (χ0n) is 9.99. The van der Waals surface area contributed by atoms with Gasteiger partial charge < -0.3 is 5.11 Å². The topological polar surface area (TPSA) is 23.5 Å². The Morgan fingerprint density at radius 2 is 2.00 bits per heavy atom. The molecule has 0 aromatic rings. The lowest BCUT2D eigenvalue weighted by molar-refractivity contribution is 0.0293. The fraction of sp³-hybridized carbons (Fsp3) is 1.00. The Kier molecular flexibility index (Phi) is 4.04. The van der Waals surface area contributed by atoms with E-state index >= 15 is 0 Å². The van der Waals surface area contributed by atoms with E-state index in [0.29, 0.717) is 6.04 Å². The Labute approximate surface area is 93.7 Å². The van der Waals surface area contributed by atoms with Crippen LogP contribution in [-0.2, 0) is 0 Å². The molecule has 3 atom stereocenters. The quantitative estimate of drug-likeness (QED) is 0.775. The van der Waals surface area contributed by atoms with Crippen LogP contribution in [0.5, 0.6) is 0 Å². The minimum Gasteiger partial charge on any atom is -0.391 e. The first-order valence-electron chi connectivity index (χ1n) is 6.73. The monoisotopic (exact) mass is 211 g/mol. The fourth-order valence-corrected chi connectivity index (χ4v) is 3.33. The Hall–Kier alpha value is -0.0800. The number of hydrogen-bond acceptors (Lipinski definition) is 2. The van der Waals surface area contributed by atoms with Gasteiger partial charge in [-0.3, -0.25) is 4.90 Å². The average Bonchev–Trinajstić information content (AvgIpc) is 2.68. The molecule has 1 saturated carbocycles. The van der Waals surface area contributed by atoms with E-state index in [1.165, 1.54) is 51.6 Å². The molecule has 1 heterocycles. The van der Waals surface area contributed by atoms with E-state index in [2.05, 4.69) is 11.8 Å². The summed E-state index contributed by atoms with van der Waals surface area (Å²) in [5, 5.41) is 10.0. The molecule has 1 aliphatic heterocycles. The van der Waals surface area contributed by atoms with E-state index in [1.54, 1.807) is 0 Å². The molecule has 88 valence electrons. The average molecular weight is 211 g/mol. The number of likely N-dealkylation sites (tertiary alicyclic amines) is 1. The van der Waals surface area contributed by atoms with Crippen molar-refractivity contribution in [2.45, 2.75) is 64.0 Å². The Morgan fingerprint density at radius 1 is 1.20 bits per heavy atom. The lowest BCUT2D eigenvalue weighted by Gasteiger charge is -2.35. The molecule has 2 nitrogen and oxygen atoms in total. The maximum absolute atomic E-state index is 10.0. The molecule has 0 aromatic heterocycles. The highest BCUT2D eigenvalue weighted by Gasteiger charge is 2.33. The molecule has 0 amide bonds. The summed E-state index contributed by atoms with van der Waals surface area (Å²) < 4.78 is 0. The van der Waals surface area contributed by atoms with Crippen molar-refractivity contribution in [2.75, 3.05) is 13.1 Å². The third kappa shape index (κ3) is 2.73. The van der Waals surface area contributed by atoms with Crippen molar-refractivity contribution in [1.82, 2.24) is 4.90 Å². The van der Waals surface area contributed by atoms with Crippen LogP contribution in [0.4, 0.5) is 0 Å². The van der Waals surface area contributed by atoms with Gasteiger partial charge in [0.05, 0.1) is 6.10 Å². The molecule has 1 aliphatic carbocycles. The largest absolute Gasteiger partial charge is 0.391 e. The minimum atomic E-state index is -0.0425. The second-order valence-corrected chi connectivity index (χ2v) is 5.36. The summed E-state index contributed by atoms with van der Waals surface area (Å²) in [6.45, 7) is 4.75. The molecule has 0 radical (unpaired) electrons. The van der Waals surface area contributed by atoms with Crippen LogP contribution in [0.1, 0.15) is 51.9 Å². The van der Waals surface area contributed by atoms with Crippen molar-refractivity contribution in [3.05, 3.63) is 0 Å². The minimum absolute atomic E-state index is 0.0425. The summed E-state index contributed by atoms with van der Waals surface area (Å²) in [6, 6.07) is 0.487. The molecule has 15 heavy (non-hydrogen) atoms. The Morgan fingerprint density at radius 3 is 2.73 bits per heavy atom. The summed E-state index contributed by atoms with van der Waals surface area (Å²) in [6.07, 6.45) is 8.79. The van der Waals surface area contributed by atoms with Crippen molar-refractivity contribution >= 4 is 0 Å². The molecule has 1 saturated heterocycles. The molecule has 0 spiro atoms. The number of nitrogens with zero attached hydrogens (tertiary/aromatic N) is 1. The van der Waals surface area contributed by atoms with Crippen LogP contribution in [0.3, 0.4) is 0 Å². The zero-order chi connectivity index (χ0) is 10.7. The third-order valence-corrected chi connectivity index (χ3v) is 4.18. The van der Waals surface area contributed by atoms with E-state index in [1.807, 2.05) is 0 Å². The highest BCUT2D eigenvalue weighted by Crippen LogP contribution is 2.29.